The average Bonchev–Trinajstić information content (AvgIpc) is 3.23. The Balaban J connectivity index is 1.59. The van der Waals surface area contributed by atoms with E-state index < -0.39 is 0 Å². The van der Waals surface area contributed by atoms with Crippen LogP contribution in [0.4, 0.5) is 5.69 Å². The van der Waals surface area contributed by atoms with Crippen LogP contribution in [0.15, 0.2) is 35.6 Å². The second kappa shape index (κ2) is 8.00. The van der Waals surface area contributed by atoms with Crippen LogP contribution >= 0.6 is 0 Å². The Kier molecular flexibility index (Phi) is 5.53. The van der Waals surface area contributed by atoms with Gasteiger partial charge in [0, 0.05) is 38.4 Å². The van der Waals surface area contributed by atoms with E-state index in [-0.39, 0.29) is 0 Å². The standard InChI is InChI=1S/C18H27N7/c1-4-19-18(20-11-17-23-21-13-24(17)3)22-15-9-10-25(12-15)16-7-5-14(2)6-8-16/h5-8,13,15H,4,9-12H2,1-3H3,(H2,19,20,22). The fourth-order valence-electron chi connectivity index (χ4n) is 2.98. The molecule has 0 amide bonds. The van der Waals surface area contributed by atoms with Crippen LogP contribution in [0.2, 0.25) is 0 Å². The zero-order chi connectivity index (χ0) is 17.6. The van der Waals surface area contributed by atoms with Crippen molar-refractivity contribution in [3.63, 3.8) is 0 Å². The maximum atomic E-state index is 4.64. The average molecular weight is 341 g/mol. The van der Waals surface area contributed by atoms with Gasteiger partial charge in [0.25, 0.3) is 0 Å². The monoisotopic (exact) mass is 341 g/mol. The van der Waals surface area contributed by atoms with Crippen molar-refractivity contribution in [2.45, 2.75) is 32.9 Å². The van der Waals surface area contributed by atoms with Crippen LogP contribution in [0, 0.1) is 6.92 Å². The third kappa shape index (κ3) is 4.49. The van der Waals surface area contributed by atoms with Crippen molar-refractivity contribution in [3.8, 4) is 0 Å². The van der Waals surface area contributed by atoms with Crippen LogP contribution in [0.3, 0.4) is 0 Å². The Morgan fingerprint density at radius 1 is 1.32 bits per heavy atom. The molecular weight excluding hydrogens is 314 g/mol. The lowest BCUT2D eigenvalue weighted by Gasteiger charge is -2.20. The van der Waals surface area contributed by atoms with E-state index in [1.54, 1.807) is 6.33 Å². The number of benzene rings is 1. The number of hydrogen-bond acceptors (Lipinski definition) is 4. The van der Waals surface area contributed by atoms with Crippen LogP contribution in [-0.2, 0) is 13.6 Å². The van der Waals surface area contributed by atoms with Gasteiger partial charge in [-0.2, -0.15) is 0 Å². The van der Waals surface area contributed by atoms with Gasteiger partial charge in [0.15, 0.2) is 11.8 Å². The Hall–Kier alpha value is -2.57. The summed E-state index contributed by atoms with van der Waals surface area (Å²) in [5, 5.41) is 14.8. The Morgan fingerprint density at radius 3 is 2.80 bits per heavy atom. The minimum atomic E-state index is 0.388. The molecule has 1 aromatic carbocycles. The Labute approximate surface area is 149 Å². The molecule has 1 aliphatic rings. The predicted octanol–water partition coefficient (Wildman–Crippen LogP) is 1.46. The van der Waals surface area contributed by atoms with Gasteiger partial charge < -0.3 is 20.1 Å². The van der Waals surface area contributed by atoms with Crippen LogP contribution in [0.25, 0.3) is 0 Å². The molecule has 1 aliphatic heterocycles. The van der Waals surface area contributed by atoms with Crippen molar-refractivity contribution in [2.24, 2.45) is 12.0 Å². The number of guanidine groups is 1. The van der Waals surface area contributed by atoms with Gasteiger partial charge in [-0.3, -0.25) is 0 Å². The Bertz CT molecular complexity index is 704. The molecule has 2 aromatic rings. The molecule has 1 fully saturated rings. The van der Waals surface area contributed by atoms with E-state index in [1.807, 2.05) is 11.6 Å². The number of hydrogen-bond donors (Lipinski definition) is 2. The molecule has 7 nitrogen and oxygen atoms in total. The number of aromatic nitrogens is 3. The minimum Gasteiger partial charge on any atom is -0.369 e. The SMILES string of the molecule is CCNC(=NCc1nncn1C)NC1CCN(c2ccc(C)cc2)C1. The molecule has 0 radical (unpaired) electrons. The lowest BCUT2D eigenvalue weighted by Crippen LogP contribution is -2.44. The number of anilines is 1. The summed E-state index contributed by atoms with van der Waals surface area (Å²) < 4.78 is 1.89. The van der Waals surface area contributed by atoms with Gasteiger partial charge in [-0.1, -0.05) is 17.7 Å². The molecule has 2 N–H and O–H groups in total. The molecule has 3 rings (SSSR count). The first-order chi connectivity index (χ1) is 12.2. The summed E-state index contributed by atoms with van der Waals surface area (Å²) >= 11 is 0. The summed E-state index contributed by atoms with van der Waals surface area (Å²) in [6.07, 6.45) is 2.80. The molecule has 0 spiro atoms. The zero-order valence-electron chi connectivity index (χ0n) is 15.2. The highest BCUT2D eigenvalue weighted by Gasteiger charge is 2.23. The molecule has 0 bridgehead atoms. The number of aliphatic imine (C=N–C) groups is 1. The molecule has 134 valence electrons. The van der Waals surface area contributed by atoms with Gasteiger partial charge in [0.1, 0.15) is 12.9 Å². The largest absolute Gasteiger partial charge is 0.369 e. The highest BCUT2D eigenvalue weighted by Crippen LogP contribution is 2.20. The molecule has 1 unspecified atom stereocenters. The van der Waals surface area contributed by atoms with Crippen molar-refractivity contribution >= 4 is 11.6 Å². The van der Waals surface area contributed by atoms with Gasteiger partial charge in [0.05, 0.1) is 0 Å². The van der Waals surface area contributed by atoms with E-state index in [2.05, 4.69) is 68.8 Å². The summed E-state index contributed by atoms with van der Waals surface area (Å²) in [4.78, 5) is 7.06. The predicted molar refractivity (Wildman–Crippen MR) is 101 cm³/mol. The molecule has 2 heterocycles. The van der Waals surface area contributed by atoms with Gasteiger partial charge in [0.2, 0.25) is 0 Å². The van der Waals surface area contributed by atoms with E-state index in [0.717, 1.165) is 37.8 Å². The van der Waals surface area contributed by atoms with Crippen molar-refractivity contribution in [1.82, 2.24) is 25.4 Å². The van der Waals surface area contributed by atoms with Crippen molar-refractivity contribution < 1.29 is 0 Å². The molecule has 7 heteroatoms. The molecule has 1 atom stereocenters. The first-order valence-electron chi connectivity index (χ1n) is 8.85. The summed E-state index contributed by atoms with van der Waals surface area (Å²) in [5.41, 5.74) is 2.58. The smallest absolute Gasteiger partial charge is 0.191 e. The third-order valence-electron chi connectivity index (χ3n) is 4.46. The lowest BCUT2D eigenvalue weighted by atomic mass is 10.2. The van der Waals surface area contributed by atoms with Crippen molar-refractivity contribution in [1.29, 1.82) is 0 Å². The molecule has 0 aliphatic carbocycles. The van der Waals surface area contributed by atoms with Gasteiger partial charge in [-0.05, 0) is 32.4 Å². The van der Waals surface area contributed by atoms with Gasteiger partial charge >= 0.3 is 0 Å². The fraction of sp³-hybridized carbons (Fsp3) is 0.500. The van der Waals surface area contributed by atoms with E-state index in [1.165, 1.54) is 11.3 Å². The number of nitrogens with one attached hydrogen (secondary N) is 2. The molecule has 1 saturated heterocycles. The van der Waals surface area contributed by atoms with E-state index in [9.17, 15) is 0 Å². The molecule has 25 heavy (non-hydrogen) atoms. The molecular formula is C18H27N7. The minimum absolute atomic E-state index is 0.388. The summed E-state index contributed by atoms with van der Waals surface area (Å²) in [7, 11) is 1.93. The normalized spacial score (nSPS) is 17.8. The second-order valence-corrected chi connectivity index (χ2v) is 6.46. The van der Waals surface area contributed by atoms with Crippen LogP contribution < -0.4 is 15.5 Å². The van der Waals surface area contributed by atoms with Crippen LogP contribution in [0.1, 0.15) is 24.7 Å². The van der Waals surface area contributed by atoms with Gasteiger partial charge in [-0.25, -0.2) is 4.99 Å². The first kappa shape index (κ1) is 17.3. The topological polar surface area (TPSA) is 70.4 Å². The van der Waals surface area contributed by atoms with Crippen LogP contribution in [-0.4, -0.2) is 46.4 Å². The molecule has 1 aromatic heterocycles. The fourth-order valence-corrected chi connectivity index (χ4v) is 2.98. The molecule has 0 saturated carbocycles. The van der Waals surface area contributed by atoms with Crippen molar-refractivity contribution in [3.05, 3.63) is 42.0 Å². The number of nitrogens with zero attached hydrogens (tertiary/aromatic N) is 5. The summed E-state index contributed by atoms with van der Waals surface area (Å²) in [6, 6.07) is 9.12. The zero-order valence-corrected chi connectivity index (χ0v) is 15.2. The summed E-state index contributed by atoms with van der Waals surface area (Å²) in [6.45, 7) is 7.58. The Morgan fingerprint density at radius 2 is 2.12 bits per heavy atom. The number of rotatable bonds is 5. The second-order valence-electron chi connectivity index (χ2n) is 6.46. The van der Waals surface area contributed by atoms with Gasteiger partial charge in [-0.15, -0.1) is 10.2 Å². The maximum absolute atomic E-state index is 4.64. The lowest BCUT2D eigenvalue weighted by molar-refractivity contribution is 0.647. The van der Waals surface area contributed by atoms with E-state index in [0.29, 0.717) is 12.6 Å². The van der Waals surface area contributed by atoms with Crippen LogP contribution in [0.5, 0.6) is 0 Å². The summed E-state index contributed by atoms with van der Waals surface area (Å²) in [5.74, 6) is 1.69. The number of aryl methyl sites for hydroxylation is 2. The highest BCUT2D eigenvalue weighted by atomic mass is 15.3. The van der Waals surface area contributed by atoms with E-state index in [4.69, 9.17) is 0 Å². The highest BCUT2D eigenvalue weighted by molar-refractivity contribution is 5.80. The quantitative estimate of drug-likeness (QED) is 0.636. The third-order valence-corrected chi connectivity index (χ3v) is 4.46. The van der Waals surface area contributed by atoms with E-state index >= 15 is 0 Å². The first-order valence-corrected chi connectivity index (χ1v) is 8.85. The maximum Gasteiger partial charge on any atom is 0.191 e. The van der Waals surface area contributed by atoms with Crippen molar-refractivity contribution in [2.75, 3.05) is 24.5 Å².